The van der Waals surface area contributed by atoms with Gasteiger partial charge in [-0.15, -0.1) is 0 Å². The van der Waals surface area contributed by atoms with Gasteiger partial charge in [0.15, 0.2) is 0 Å². The molecule has 38 heavy (non-hydrogen) atoms. The molecule has 0 spiro atoms. The maximum atomic E-state index is 13.1. The van der Waals surface area contributed by atoms with E-state index >= 15 is 0 Å². The molecule has 1 amide bonds. The summed E-state index contributed by atoms with van der Waals surface area (Å²) in [5.41, 5.74) is 6.64. The molecule has 0 fully saturated rings. The topological polar surface area (TPSA) is 78.3 Å². The molecule has 5 rings (SSSR count). The first-order valence-corrected chi connectivity index (χ1v) is 13.6. The molecule has 6 nitrogen and oxygen atoms in total. The Kier molecular flexibility index (Phi) is 7.49. The van der Waals surface area contributed by atoms with E-state index in [2.05, 4.69) is 29.5 Å². The van der Waals surface area contributed by atoms with Crippen molar-refractivity contribution in [2.24, 2.45) is 0 Å². The van der Waals surface area contributed by atoms with Crippen LogP contribution in [0.25, 0.3) is 22.2 Å². The van der Waals surface area contributed by atoms with Gasteiger partial charge in [-0.05, 0) is 60.4 Å². The Morgan fingerprint density at radius 1 is 0.974 bits per heavy atom. The van der Waals surface area contributed by atoms with Crippen molar-refractivity contribution < 1.29 is 13.6 Å². The number of hydrogen-bond donors (Lipinski definition) is 0. The molecule has 0 saturated carbocycles. The highest BCUT2D eigenvalue weighted by Crippen LogP contribution is 2.33. The van der Waals surface area contributed by atoms with Crippen molar-refractivity contribution in [3.63, 3.8) is 0 Å². The zero-order valence-electron chi connectivity index (χ0n) is 21.3. The highest BCUT2D eigenvalue weighted by Gasteiger charge is 2.22. The summed E-state index contributed by atoms with van der Waals surface area (Å²) in [6.45, 7) is 4.97. The average molecular weight is 523 g/mol. The number of aryl methyl sites for hydroxylation is 2. The Bertz CT molecular complexity index is 1610. The summed E-state index contributed by atoms with van der Waals surface area (Å²) in [6.07, 6.45) is 3.87. The molecule has 1 unspecified atom stereocenters. The summed E-state index contributed by atoms with van der Waals surface area (Å²) in [6, 6.07) is 27.8. The first-order chi connectivity index (χ1) is 18.5. The first kappa shape index (κ1) is 25.6. The molecule has 192 valence electrons. The zero-order chi connectivity index (χ0) is 26.6. The second-order valence-corrected chi connectivity index (χ2v) is 10.0. The number of hydrogen-bond acceptors (Lipinski definition) is 4. The van der Waals surface area contributed by atoms with Crippen molar-refractivity contribution >= 4 is 33.9 Å². The van der Waals surface area contributed by atoms with Gasteiger partial charge in [-0.3, -0.25) is 9.00 Å². The number of para-hydroxylation sites is 1. The monoisotopic (exact) mass is 522 g/mol. The zero-order valence-corrected chi connectivity index (χ0v) is 22.2. The van der Waals surface area contributed by atoms with E-state index in [-0.39, 0.29) is 0 Å². The normalized spacial score (nSPS) is 12.0. The van der Waals surface area contributed by atoms with Gasteiger partial charge in [-0.25, -0.2) is 9.29 Å². The second kappa shape index (κ2) is 11.1. The van der Waals surface area contributed by atoms with Crippen LogP contribution in [-0.4, -0.2) is 24.2 Å². The number of carbonyl (C=O) groups excluding carboxylic acids is 1. The van der Waals surface area contributed by atoms with E-state index in [1.807, 2.05) is 48.7 Å². The molecule has 1 atom stereocenters. The summed E-state index contributed by atoms with van der Waals surface area (Å²) in [7, 11) is 0. The lowest BCUT2D eigenvalue weighted by Crippen LogP contribution is -2.33. The average Bonchev–Trinajstić information content (AvgIpc) is 3.28. The van der Waals surface area contributed by atoms with E-state index in [0.29, 0.717) is 23.4 Å². The molecule has 0 bridgehead atoms. The highest BCUT2D eigenvalue weighted by molar-refractivity contribution is 7.81. The van der Waals surface area contributed by atoms with Crippen LogP contribution in [0, 0.1) is 6.92 Å². The van der Waals surface area contributed by atoms with Gasteiger partial charge in [0, 0.05) is 34.9 Å². The lowest BCUT2D eigenvalue weighted by atomic mass is 10.0. The predicted molar refractivity (Wildman–Crippen MR) is 152 cm³/mol. The van der Waals surface area contributed by atoms with Crippen molar-refractivity contribution in [2.45, 2.75) is 33.2 Å². The van der Waals surface area contributed by atoms with Gasteiger partial charge in [-0.2, -0.15) is 0 Å². The van der Waals surface area contributed by atoms with Gasteiger partial charge in [0.1, 0.15) is 5.65 Å². The molecular formula is C31H28N3O3S-. The van der Waals surface area contributed by atoms with Crippen LogP contribution in [0.2, 0.25) is 0 Å². The minimum absolute atomic E-state index is 0.299. The fourth-order valence-electron chi connectivity index (χ4n) is 4.79. The predicted octanol–water partition coefficient (Wildman–Crippen LogP) is 6.45. The number of fused-ring (bicyclic) bond motifs is 1. The molecule has 7 heteroatoms. The fourth-order valence-corrected chi connectivity index (χ4v) is 5.35. The largest absolute Gasteiger partial charge is 0.755 e. The molecule has 2 heterocycles. The molecular weight excluding hydrogens is 494 g/mol. The van der Waals surface area contributed by atoms with Crippen molar-refractivity contribution in [1.82, 2.24) is 9.55 Å². The van der Waals surface area contributed by atoms with Crippen LogP contribution < -0.4 is 4.31 Å². The summed E-state index contributed by atoms with van der Waals surface area (Å²) < 4.78 is 27.6. The molecule has 0 aliphatic carbocycles. The van der Waals surface area contributed by atoms with Crippen LogP contribution in [0.5, 0.6) is 0 Å². The molecule has 2 aromatic heterocycles. The molecule has 0 aliphatic heterocycles. The molecule has 0 N–H and O–H groups in total. The Morgan fingerprint density at radius 2 is 1.68 bits per heavy atom. The molecule has 5 aromatic rings. The summed E-state index contributed by atoms with van der Waals surface area (Å²) in [4.78, 5) is 17.8. The van der Waals surface area contributed by atoms with E-state index < -0.39 is 17.2 Å². The minimum Gasteiger partial charge on any atom is -0.755 e. The first-order valence-electron chi connectivity index (χ1n) is 12.6. The Labute approximate surface area is 225 Å². The number of pyridine rings is 1. The van der Waals surface area contributed by atoms with Crippen LogP contribution in [0.4, 0.5) is 5.69 Å². The highest BCUT2D eigenvalue weighted by atomic mass is 32.2. The Morgan fingerprint density at radius 3 is 2.39 bits per heavy atom. The number of aromatic nitrogens is 2. The number of amides is 1. The van der Waals surface area contributed by atoms with Gasteiger partial charge < -0.3 is 9.12 Å². The van der Waals surface area contributed by atoms with E-state index in [9.17, 15) is 13.6 Å². The third-order valence-electron chi connectivity index (χ3n) is 6.69. The van der Waals surface area contributed by atoms with Crippen LogP contribution in [0.3, 0.4) is 0 Å². The number of nitrogens with zero attached hydrogens (tertiary/aromatic N) is 3. The quantitative estimate of drug-likeness (QED) is 0.219. The Balaban J connectivity index is 1.49. The second-order valence-electron chi connectivity index (χ2n) is 9.23. The Hall–Kier alpha value is -4.07. The SMILES string of the molecule is CCCc1cc2c(C)ccnc2n1Cc1ccc(-c2ccccc2N(C(=O)c2ccccc2)S(=O)[O-])cc1. The van der Waals surface area contributed by atoms with Crippen molar-refractivity contribution in [1.29, 1.82) is 0 Å². The third-order valence-corrected chi connectivity index (χ3v) is 7.35. The summed E-state index contributed by atoms with van der Waals surface area (Å²) >= 11 is -2.79. The molecule has 0 saturated heterocycles. The summed E-state index contributed by atoms with van der Waals surface area (Å²) in [5, 5.41) is 1.18. The molecule has 0 radical (unpaired) electrons. The van der Waals surface area contributed by atoms with Gasteiger partial charge in [0.2, 0.25) is 0 Å². The van der Waals surface area contributed by atoms with E-state index in [1.165, 1.54) is 16.6 Å². The number of rotatable bonds is 8. The summed E-state index contributed by atoms with van der Waals surface area (Å²) in [5.74, 6) is -0.603. The van der Waals surface area contributed by atoms with Crippen LogP contribution >= 0.6 is 0 Å². The lowest BCUT2D eigenvalue weighted by molar-refractivity contribution is 0.100. The van der Waals surface area contributed by atoms with Gasteiger partial charge in [0.25, 0.3) is 5.91 Å². The van der Waals surface area contributed by atoms with Crippen LogP contribution in [0.1, 0.15) is 40.5 Å². The maximum Gasteiger partial charge on any atom is 0.269 e. The number of anilines is 1. The maximum absolute atomic E-state index is 13.1. The van der Waals surface area contributed by atoms with Crippen molar-refractivity contribution in [3.05, 3.63) is 120 Å². The fraction of sp³-hybridized carbons (Fsp3) is 0.161. The van der Waals surface area contributed by atoms with Gasteiger partial charge >= 0.3 is 0 Å². The third kappa shape index (κ3) is 5.03. The minimum atomic E-state index is -2.79. The van der Waals surface area contributed by atoms with E-state index in [0.717, 1.165) is 33.9 Å². The van der Waals surface area contributed by atoms with Gasteiger partial charge in [-0.1, -0.05) is 74.0 Å². The van der Waals surface area contributed by atoms with Crippen molar-refractivity contribution in [2.75, 3.05) is 4.31 Å². The molecule has 0 aliphatic rings. The lowest BCUT2D eigenvalue weighted by Gasteiger charge is -2.26. The smallest absolute Gasteiger partial charge is 0.269 e. The number of carbonyl (C=O) groups is 1. The van der Waals surface area contributed by atoms with Crippen LogP contribution in [0.15, 0.2) is 97.2 Å². The molecule has 3 aromatic carbocycles. The number of benzene rings is 3. The van der Waals surface area contributed by atoms with E-state index in [4.69, 9.17) is 0 Å². The van der Waals surface area contributed by atoms with Crippen molar-refractivity contribution in [3.8, 4) is 11.1 Å². The van der Waals surface area contributed by atoms with Gasteiger partial charge in [0.05, 0.1) is 17.0 Å². The van der Waals surface area contributed by atoms with Crippen LogP contribution in [-0.2, 0) is 24.2 Å². The standard InChI is InChI=1S/C31H29N3O3S/c1-3-9-26-20-28-22(2)18-19-32-30(28)33(26)21-23-14-16-24(17-15-23)27-12-7-8-13-29(27)34(38(36)37)31(35)25-10-5-4-6-11-25/h4-8,10-20H,3,9,21H2,1-2H3,(H,36,37)/p-1. The van der Waals surface area contributed by atoms with E-state index in [1.54, 1.807) is 42.5 Å².